The van der Waals surface area contributed by atoms with Crippen LogP contribution in [0.4, 0.5) is 17.6 Å². The lowest BCUT2D eigenvalue weighted by atomic mass is 10.1. The summed E-state index contributed by atoms with van der Waals surface area (Å²) in [5, 5.41) is 7.63. The number of aryl methyl sites for hydroxylation is 2. The Morgan fingerprint density at radius 1 is 0.596 bits per heavy atom. The van der Waals surface area contributed by atoms with Crippen molar-refractivity contribution in [2.75, 3.05) is 16.4 Å². The molecule has 0 aliphatic heterocycles. The molecule has 2 aromatic carbocycles. The van der Waals surface area contributed by atoms with Crippen molar-refractivity contribution in [3.63, 3.8) is 0 Å². The molecule has 0 aliphatic carbocycles. The number of furan rings is 2. The van der Waals surface area contributed by atoms with Crippen molar-refractivity contribution in [2.45, 2.75) is 33.4 Å². The largest absolute Gasteiger partial charge is 0.465 e. The molecule has 0 saturated carbocycles. The van der Waals surface area contributed by atoms with Crippen LogP contribution in [0.5, 0.6) is 0 Å². The summed E-state index contributed by atoms with van der Waals surface area (Å²) in [4.78, 5) is 24.0. The molecule has 0 aliphatic rings. The Bertz CT molecular complexity index is 1860. The highest BCUT2D eigenvalue weighted by Gasteiger charge is 2.08. The first-order valence-corrected chi connectivity index (χ1v) is 15.7. The van der Waals surface area contributed by atoms with Crippen LogP contribution in [0.15, 0.2) is 81.6 Å². The monoisotopic (exact) mass is 733 g/mol. The van der Waals surface area contributed by atoms with E-state index >= 15 is 0 Å². The molecule has 0 spiro atoms. The highest BCUT2D eigenvalue weighted by molar-refractivity contribution is 6.31. The third-order valence-electron chi connectivity index (χ3n) is 5.77. The Balaban J connectivity index is 0.000000180. The second kappa shape index (κ2) is 17.7. The fourth-order valence-corrected chi connectivity index (χ4v) is 4.74. The number of aromatic nitrogens is 6. The number of nitrogens with two attached hydrogens (primary N) is 1. The number of nitrogens with zero attached hydrogens (tertiary/aromatic N) is 6. The molecule has 6 aromatic rings. The Labute approximate surface area is 295 Å². The van der Waals surface area contributed by atoms with Gasteiger partial charge in [-0.15, -0.1) is 0 Å². The van der Waals surface area contributed by atoms with Gasteiger partial charge >= 0.3 is 0 Å². The third-order valence-corrected chi connectivity index (χ3v) is 6.75. The van der Waals surface area contributed by atoms with Gasteiger partial charge in [-0.25, -0.2) is 4.98 Å². The minimum atomic E-state index is 0.0538. The van der Waals surface area contributed by atoms with E-state index in [0.29, 0.717) is 53.0 Å². The molecule has 0 amide bonds. The summed E-state index contributed by atoms with van der Waals surface area (Å²) in [5.41, 5.74) is 7.09. The Morgan fingerprint density at radius 3 is 1.57 bits per heavy atom. The van der Waals surface area contributed by atoms with Gasteiger partial charge < -0.3 is 25.2 Å². The number of hydrogen-bond acceptors (Lipinski definition) is 11. The van der Waals surface area contributed by atoms with Crippen molar-refractivity contribution in [3.05, 3.63) is 133 Å². The Kier molecular flexibility index (Phi) is 13.4. The molecule has 244 valence electrons. The fourth-order valence-electron chi connectivity index (χ4n) is 3.78. The van der Waals surface area contributed by atoms with Crippen LogP contribution in [0.2, 0.25) is 25.9 Å². The van der Waals surface area contributed by atoms with Crippen molar-refractivity contribution >= 4 is 75.6 Å². The Morgan fingerprint density at radius 2 is 1.11 bits per heavy atom. The molecule has 0 unspecified atom stereocenters. The van der Waals surface area contributed by atoms with Gasteiger partial charge in [-0.05, 0) is 109 Å². The van der Waals surface area contributed by atoms with Gasteiger partial charge in [0.05, 0.1) is 13.1 Å². The maximum Gasteiger partial charge on any atom is 0.228 e. The number of halogens is 5. The molecular weight excluding hydrogens is 708 g/mol. The van der Waals surface area contributed by atoms with Crippen LogP contribution >= 0.6 is 58.0 Å². The van der Waals surface area contributed by atoms with E-state index in [0.717, 1.165) is 28.6 Å². The smallest absolute Gasteiger partial charge is 0.228 e. The van der Waals surface area contributed by atoms with Gasteiger partial charge in [0.15, 0.2) is 0 Å². The normalized spacial score (nSPS) is 10.4. The zero-order valence-corrected chi connectivity index (χ0v) is 28.8. The molecule has 0 saturated heterocycles. The molecule has 0 atom stereocenters. The van der Waals surface area contributed by atoms with E-state index in [-0.39, 0.29) is 15.9 Å². The summed E-state index contributed by atoms with van der Waals surface area (Å²) in [6, 6.07) is 22.2. The average molecular weight is 736 g/mol. The highest BCUT2D eigenvalue weighted by Crippen LogP contribution is 2.16. The lowest BCUT2D eigenvalue weighted by Crippen LogP contribution is -2.07. The maximum atomic E-state index is 5.99. The fraction of sp³-hybridized carbons (Fsp3) is 0.161. The van der Waals surface area contributed by atoms with E-state index in [1.165, 1.54) is 0 Å². The van der Waals surface area contributed by atoms with Gasteiger partial charge in [-0.2, -0.15) is 24.9 Å². The average Bonchev–Trinajstić information content (AvgIpc) is 3.62. The quantitative estimate of drug-likeness (QED) is 0.128. The minimum absolute atomic E-state index is 0.0538. The van der Waals surface area contributed by atoms with Crippen LogP contribution in [-0.2, 0) is 19.5 Å². The van der Waals surface area contributed by atoms with Crippen molar-refractivity contribution in [1.82, 2.24) is 29.9 Å². The number of rotatable bonds is 8. The Hall–Kier alpha value is -4.13. The molecule has 6 rings (SSSR count). The van der Waals surface area contributed by atoms with Gasteiger partial charge in [0.25, 0.3) is 0 Å². The van der Waals surface area contributed by atoms with Crippen LogP contribution in [0.25, 0.3) is 0 Å². The summed E-state index contributed by atoms with van der Waals surface area (Å²) >= 11 is 28.8. The van der Waals surface area contributed by atoms with Gasteiger partial charge in [0.2, 0.25) is 27.7 Å². The number of nitrogen functional groups attached to an aromatic ring is 1. The van der Waals surface area contributed by atoms with E-state index in [2.05, 4.69) is 40.5 Å². The van der Waals surface area contributed by atoms with E-state index in [4.69, 9.17) is 72.6 Å². The first kappa shape index (κ1) is 35.7. The first-order valence-electron chi connectivity index (χ1n) is 13.8. The van der Waals surface area contributed by atoms with Crippen molar-refractivity contribution in [2.24, 2.45) is 0 Å². The highest BCUT2D eigenvalue weighted by atomic mass is 35.5. The number of nitrogens with one attached hydrogen (secondary N) is 2. The first-order chi connectivity index (χ1) is 22.5. The summed E-state index contributed by atoms with van der Waals surface area (Å²) in [6.07, 6.45) is 0.525. The molecular formula is C31H28Cl5N9O2. The van der Waals surface area contributed by atoms with Crippen LogP contribution in [-0.4, -0.2) is 29.9 Å². The predicted molar refractivity (Wildman–Crippen MR) is 186 cm³/mol. The van der Waals surface area contributed by atoms with E-state index in [1.54, 1.807) is 18.2 Å². The topological polar surface area (TPSA) is 154 Å². The molecule has 11 nitrogen and oxygen atoms in total. The summed E-state index contributed by atoms with van der Waals surface area (Å²) < 4.78 is 10.9. The lowest BCUT2D eigenvalue weighted by Gasteiger charge is -2.06. The van der Waals surface area contributed by atoms with Crippen molar-refractivity contribution in [3.8, 4) is 0 Å². The summed E-state index contributed by atoms with van der Waals surface area (Å²) in [7, 11) is 0. The molecule has 4 N–H and O–H groups in total. The molecule has 4 heterocycles. The van der Waals surface area contributed by atoms with Crippen molar-refractivity contribution < 1.29 is 8.83 Å². The number of hydrogen-bond donors (Lipinski definition) is 3. The summed E-state index contributed by atoms with van der Waals surface area (Å²) in [5.74, 6) is 4.60. The van der Waals surface area contributed by atoms with Crippen LogP contribution in [0.3, 0.4) is 0 Å². The maximum absolute atomic E-state index is 5.99. The van der Waals surface area contributed by atoms with E-state index in [1.807, 2.05) is 68.4 Å². The van der Waals surface area contributed by atoms with Crippen LogP contribution < -0.4 is 16.4 Å². The van der Waals surface area contributed by atoms with Gasteiger partial charge in [-0.3, -0.25) is 0 Å². The molecule has 16 heteroatoms. The standard InChI is InChI=1S/C16H14Cl2N4O.C9H8Cl2N4O.C6H6ClN/c1-10-5-6-13(23-10)9-19-16-21-14(20-15(18)22-16)8-11-3-2-4-12(17)7-11;1-5-2-3-6(16-5)4-12-9-14-7(10)13-8(11)15-9;7-5-2-1-3-6(8)4-5/h2-7H,8-9H2,1H3,(H,19,20,21,22);2-3H,4H2,1H3,(H,12,13,14,15);1-4H,8H2. The molecule has 4 aromatic heterocycles. The van der Waals surface area contributed by atoms with Gasteiger partial charge in [0.1, 0.15) is 28.9 Å². The van der Waals surface area contributed by atoms with Gasteiger partial charge in [-0.1, -0.05) is 41.4 Å². The number of benzene rings is 2. The summed E-state index contributed by atoms with van der Waals surface area (Å²) in [6.45, 7) is 4.71. The van der Waals surface area contributed by atoms with Crippen LogP contribution in [0.1, 0.15) is 34.4 Å². The predicted octanol–water partition coefficient (Wildman–Crippen LogP) is 8.90. The molecule has 0 fully saturated rings. The van der Waals surface area contributed by atoms with Gasteiger partial charge in [0, 0.05) is 22.2 Å². The SMILES string of the molecule is Cc1ccc(CNc2nc(Cl)nc(Cc3cccc(Cl)c3)n2)o1.Cc1ccc(CNc2nc(Cl)nc(Cl)n2)o1.Nc1cccc(Cl)c1. The second-order valence-corrected chi connectivity index (χ2v) is 11.5. The zero-order chi connectivity index (χ0) is 33.8. The van der Waals surface area contributed by atoms with E-state index in [9.17, 15) is 0 Å². The zero-order valence-electron chi connectivity index (χ0n) is 25.0. The second-order valence-electron chi connectivity index (χ2n) is 9.63. The molecule has 0 bridgehead atoms. The van der Waals surface area contributed by atoms with Crippen molar-refractivity contribution in [1.29, 1.82) is 0 Å². The third kappa shape index (κ3) is 12.9. The number of anilines is 3. The van der Waals surface area contributed by atoms with Crippen LogP contribution in [0, 0.1) is 13.8 Å². The lowest BCUT2D eigenvalue weighted by molar-refractivity contribution is 0.489. The molecule has 0 radical (unpaired) electrons. The minimum Gasteiger partial charge on any atom is -0.465 e. The van der Waals surface area contributed by atoms with E-state index < -0.39 is 0 Å². The molecule has 47 heavy (non-hydrogen) atoms.